The number of nitrogens with zero attached hydrogens (tertiary/aromatic N) is 6. The van der Waals surface area contributed by atoms with Crippen LogP contribution in [0.5, 0.6) is 5.75 Å². The van der Waals surface area contributed by atoms with Gasteiger partial charge in [-0.1, -0.05) is 17.7 Å². The first-order valence-corrected chi connectivity index (χ1v) is 8.85. The lowest BCUT2D eigenvalue weighted by Gasteiger charge is -2.20. The molecule has 1 aliphatic rings. The van der Waals surface area contributed by atoms with Crippen LogP contribution in [-0.4, -0.2) is 48.6 Å². The molecule has 27 heavy (non-hydrogen) atoms. The van der Waals surface area contributed by atoms with E-state index >= 15 is 0 Å². The molecule has 0 atom stereocenters. The topological polar surface area (TPSA) is 86.0 Å². The lowest BCUT2D eigenvalue weighted by molar-refractivity contribution is 0.0758. The van der Waals surface area contributed by atoms with Crippen LogP contribution in [0.2, 0.25) is 0 Å². The number of fused-ring (bicyclic) bond motifs is 1. The molecule has 0 saturated carbocycles. The normalized spacial score (nSPS) is 13.7. The molecule has 1 aromatic carbocycles. The van der Waals surface area contributed by atoms with E-state index in [0.29, 0.717) is 31.8 Å². The van der Waals surface area contributed by atoms with Gasteiger partial charge in [-0.3, -0.25) is 4.79 Å². The maximum atomic E-state index is 12.8. The van der Waals surface area contributed by atoms with E-state index in [0.717, 1.165) is 22.8 Å². The van der Waals surface area contributed by atoms with E-state index in [2.05, 4.69) is 20.2 Å². The van der Waals surface area contributed by atoms with Crippen molar-refractivity contribution in [3.05, 3.63) is 65.8 Å². The number of ether oxygens (including phenoxy) is 1. The van der Waals surface area contributed by atoms with E-state index in [1.807, 2.05) is 40.7 Å². The van der Waals surface area contributed by atoms with Gasteiger partial charge in [0.1, 0.15) is 18.8 Å². The predicted octanol–water partition coefficient (Wildman–Crippen LogP) is 1.65. The highest BCUT2D eigenvalue weighted by atomic mass is 16.5. The number of carbonyl (C=O) groups is 1. The van der Waals surface area contributed by atoms with Crippen LogP contribution >= 0.6 is 0 Å². The Morgan fingerprint density at radius 1 is 1.15 bits per heavy atom. The molecule has 1 amide bonds. The van der Waals surface area contributed by atoms with Gasteiger partial charge >= 0.3 is 0 Å². The van der Waals surface area contributed by atoms with E-state index in [1.54, 1.807) is 12.4 Å². The van der Waals surface area contributed by atoms with Gasteiger partial charge in [-0.05, 0) is 19.1 Å². The Morgan fingerprint density at radius 3 is 2.81 bits per heavy atom. The van der Waals surface area contributed by atoms with E-state index in [-0.39, 0.29) is 12.5 Å². The molecule has 3 aromatic rings. The van der Waals surface area contributed by atoms with Gasteiger partial charge in [-0.15, -0.1) is 10.2 Å². The average molecular weight is 364 g/mol. The first kappa shape index (κ1) is 17.1. The lowest BCUT2D eigenvalue weighted by Crippen LogP contribution is -2.33. The molecule has 0 N–H and O–H groups in total. The minimum Gasteiger partial charge on any atom is -0.482 e. The highest BCUT2D eigenvalue weighted by molar-refractivity contribution is 5.94. The second-order valence-corrected chi connectivity index (χ2v) is 6.46. The molecule has 4 rings (SSSR count). The van der Waals surface area contributed by atoms with Crippen molar-refractivity contribution in [3.8, 4) is 5.75 Å². The monoisotopic (exact) mass is 364 g/mol. The molecule has 8 heteroatoms. The summed E-state index contributed by atoms with van der Waals surface area (Å²) in [6.07, 6.45) is 5.33. The number of aryl methyl sites for hydroxylation is 1. The van der Waals surface area contributed by atoms with Gasteiger partial charge in [0.25, 0.3) is 5.91 Å². The molecule has 0 unspecified atom stereocenters. The Bertz CT molecular complexity index is 940. The molecule has 0 spiro atoms. The number of carbonyl (C=O) groups excluding carboxylic acids is 1. The van der Waals surface area contributed by atoms with Gasteiger partial charge in [0.2, 0.25) is 0 Å². The maximum Gasteiger partial charge on any atom is 0.253 e. The lowest BCUT2D eigenvalue weighted by atomic mass is 10.1. The highest BCUT2D eigenvalue weighted by Gasteiger charge is 2.22. The standard InChI is InChI=1S/C19H20N6O2/c1-14-3-2-4-15(9-14)19(26)24-6-5-17-22-23-18(25(17)8-7-24)12-27-16-10-20-13-21-11-16/h2-4,9-11,13H,5-8,12H2,1H3. The summed E-state index contributed by atoms with van der Waals surface area (Å²) in [5.41, 5.74) is 1.80. The first-order chi connectivity index (χ1) is 13.2. The summed E-state index contributed by atoms with van der Waals surface area (Å²) in [4.78, 5) is 22.5. The third-order valence-electron chi connectivity index (χ3n) is 4.56. The summed E-state index contributed by atoms with van der Waals surface area (Å²) < 4.78 is 7.72. The van der Waals surface area contributed by atoms with Crippen molar-refractivity contribution in [3.63, 3.8) is 0 Å². The van der Waals surface area contributed by atoms with Crippen LogP contribution < -0.4 is 4.74 Å². The number of hydrogen-bond acceptors (Lipinski definition) is 6. The second-order valence-electron chi connectivity index (χ2n) is 6.46. The SMILES string of the molecule is Cc1cccc(C(=O)N2CCc3nnc(COc4cncnc4)n3CC2)c1. The van der Waals surface area contributed by atoms with Gasteiger partial charge in [0, 0.05) is 31.6 Å². The van der Waals surface area contributed by atoms with E-state index in [4.69, 9.17) is 4.74 Å². The highest BCUT2D eigenvalue weighted by Crippen LogP contribution is 2.15. The first-order valence-electron chi connectivity index (χ1n) is 8.85. The Kier molecular flexibility index (Phi) is 4.78. The molecule has 8 nitrogen and oxygen atoms in total. The molecule has 0 saturated heterocycles. The zero-order valence-corrected chi connectivity index (χ0v) is 15.1. The molecule has 0 bridgehead atoms. The Morgan fingerprint density at radius 2 is 2.00 bits per heavy atom. The summed E-state index contributed by atoms with van der Waals surface area (Å²) in [5.74, 6) is 2.24. The summed E-state index contributed by atoms with van der Waals surface area (Å²) in [6, 6.07) is 7.69. The Labute approximate surface area is 156 Å². The predicted molar refractivity (Wildman–Crippen MR) is 97.2 cm³/mol. The summed E-state index contributed by atoms with van der Waals surface area (Å²) in [5, 5.41) is 8.51. The smallest absolute Gasteiger partial charge is 0.253 e. The van der Waals surface area contributed by atoms with Crippen molar-refractivity contribution in [2.24, 2.45) is 0 Å². The molecule has 0 fully saturated rings. The molecular weight excluding hydrogens is 344 g/mol. The van der Waals surface area contributed by atoms with Crippen molar-refractivity contribution >= 4 is 5.91 Å². The van der Waals surface area contributed by atoms with E-state index in [9.17, 15) is 4.79 Å². The fourth-order valence-electron chi connectivity index (χ4n) is 3.16. The largest absolute Gasteiger partial charge is 0.482 e. The summed E-state index contributed by atoms with van der Waals surface area (Å²) in [7, 11) is 0. The minimum atomic E-state index is 0.0525. The van der Waals surface area contributed by atoms with Crippen molar-refractivity contribution in [1.29, 1.82) is 0 Å². The van der Waals surface area contributed by atoms with Crippen LogP contribution in [0.4, 0.5) is 0 Å². The number of hydrogen-bond donors (Lipinski definition) is 0. The van der Waals surface area contributed by atoms with Crippen molar-refractivity contribution in [1.82, 2.24) is 29.6 Å². The fourth-order valence-corrected chi connectivity index (χ4v) is 3.16. The average Bonchev–Trinajstić information content (AvgIpc) is 2.96. The molecule has 1 aliphatic heterocycles. The van der Waals surface area contributed by atoms with Crippen molar-refractivity contribution in [2.45, 2.75) is 26.5 Å². The fraction of sp³-hybridized carbons (Fsp3) is 0.316. The molecular formula is C19H20N6O2. The second kappa shape index (κ2) is 7.53. The van der Waals surface area contributed by atoms with Gasteiger partial charge in [0.15, 0.2) is 11.6 Å². The maximum absolute atomic E-state index is 12.8. The van der Waals surface area contributed by atoms with Crippen LogP contribution in [0.15, 0.2) is 43.0 Å². The van der Waals surface area contributed by atoms with Crippen LogP contribution in [0.1, 0.15) is 27.6 Å². The summed E-state index contributed by atoms with van der Waals surface area (Å²) >= 11 is 0. The number of aromatic nitrogens is 5. The van der Waals surface area contributed by atoms with Gasteiger partial charge in [0.05, 0.1) is 12.4 Å². The van der Waals surface area contributed by atoms with Crippen molar-refractivity contribution in [2.75, 3.05) is 13.1 Å². The summed E-state index contributed by atoms with van der Waals surface area (Å²) in [6.45, 7) is 4.15. The zero-order chi connectivity index (χ0) is 18.6. The molecule has 0 radical (unpaired) electrons. The quantitative estimate of drug-likeness (QED) is 0.700. The third-order valence-corrected chi connectivity index (χ3v) is 4.56. The van der Waals surface area contributed by atoms with Crippen LogP contribution in [0, 0.1) is 6.92 Å². The van der Waals surface area contributed by atoms with E-state index in [1.165, 1.54) is 6.33 Å². The van der Waals surface area contributed by atoms with Crippen LogP contribution in [-0.2, 0) is 19.6 Å². The van der Waals surface area contributed by atoms with Crippen LogP contribution in [0.25, 0.3) is 0 Å². The third kappa shape index (κ3) is 3.79. The molecule has 2 aromatic heterocycles. The van der Waals surface area contributed by atoms with Gasteiger partial charge < -0.3 is 14.2 Å². The van der Waals surface area contributed by atoms with Gasteiger partial charge in [-0.2, -0.15) is 0 Å². The Balaban J connectivity index is 1.44. The number of rotatable bonds is 4. The van der Waals surface area contributed by atoms with E-state index < -0.39 is 0 Å². The Hall–Kier alpha value is -3.29. The zero-order valence-electron chi connectivity index (χ0n) is 15.1. The number of benzene rings is 1. The number of amides is 1. The molecule has 3 heterocycles. The van der Waals surface area contributed by atoms with Gasteiger partial charge in [-0.25, -0.2) is 9.97 Å². The molecule has 0 aliphatic carbocycles. The van der Waals surface area contributed by atoms with Crippen molar-refractivity contribution < 1.29 is 9.53 Å². The minimum absolute atomic E-state index is 0.0525. The molecule has 138 valence electrons. The van der Waals surface area contributed by atoms with Crippen LogP contribution in [0.3, 0.4) is 0 Å².